The molecule has 0 aliphatic rings. The second kappa shape index (κ2) is 9.13. The number of rotatable bonds is 7. The molecule has 2 aromatic heterocycles. The van der Waals surface area contributed by atoms with Crippen LogP contribution in [0, 0.1) is 6.92 Å². The molecule has 0 aliphatic heterocycles. The molecule has 2 N–H and O–H groups in total. The van der Waals surface area contributed by atoms with Crippen LogP contribution in [-0.4, -0.2) is 11.0 Å². The average molecular weight is 401 g/mol. The molecule has 152 valence electrons. The van der Waals surface area contributed by atoms with E-state index in [-0.39, 0.29) is 6.03 Å². The number of fused-ring (bicyclic) bond motifs is 1. The molecule has 0 aliphatic carbocycles. The maximum absolute atomic E-state index is 12.1. The summed E-state index contributed by atoms with van der Waals surface area (Å²) in [6.45, 7) is 3.18. The molecule has 2 heterocycles. The van der Waals surface area contributed by atoms with Crippen LogP contribution in [0.1, 0.15) is 22.6 Å². The van der Waals surface area contributed by atoms with Crippen molar-refractivity contribution in [3.05, 3.63) is 95.5 Å². The van der Waals surface area contributed by atoms with Crippen molar-refractivity contribution >= 4 is 17.0 Å². The number of hydrogen-bond acceptors (Lipinski definition) is 4. The van der Waals surface area contributed by atoms with Gasteiger partial charge in [0.2, 0.25) is 0 Å². The van der Waals surface area contributed by atoms with E-state index < -0.39 is 0 Å². The van der Waals surface area contributed by atoms with Crippen molar-refractivity contribution in [1.29, 1.82) is 0 Å². The summed E-state index contributed by atoms with van der Waals surface area (Å²) in [5, 5.41) is 6.77. The molecule has 4 rings (SSSR count). The van der Waals surface area contributed by atoms with Crippen molar-refractivity contribution in [1.82, 2.24) is 15.6 Å². The zero-order valence-electron chi connectivity index (χ0n) is 16.7. The van der Waals surface area contributed by atoms with Crippen LogP contribution in [0.4, 0.5) is 4.79 Å². The summed E-state index contributed by atoms with van der Waals surface area (Å²) in [4.78, 5) is 16.4. The summed E-state index contributed by atoms with van der Waals surface area (Å²) in [6.07, 6.45) is 1.74. The number of nitrogens with one attached hydrogen (secondary N) is 2. The van der Waals surface area contributed by atoms with Gasteiger partial charge in [-0.05, 0) is 42.8 Å². The lowest BCUT2D eigenvalue weighted by Gasteiger charge is -2.09. The number of hydrogen-bond donors (Lipinski definition) is 2. The number of aromatic nitrogens is 1. The van der Waals surface area contributed by atoms with Crippen LogP contribution < -0.4 is 15.4 Å². The summed E-state index contributed by atoms with van der Waals surface area (Å²) in [5.41, 5.74) is 3.74. The van der Waals surface area contributed by atoms with Gasteiger partial charge in [-0.15, -0.1) is 0 Å². The second-order valence-corrected chi connectivity index (χ2v) is 6.94. The molecule has 0 fully saturated rings. The number of aryl methyl sites for hydroxylation is 1. The van der Waals surface area contributed by atoms with Gasteiger partial charge in [-0.25, -0.2) is 4.79 Å². The summed E-state index contributed by atoms with van der Waals surface area (Å²) in [7, 11) is 0. The van der Waals surface area contributed by atoms with Crippen LogP contribution in [0.25, 0.3) is 11.0 Å². The van der Waals surface area contributed by atoms with E-state index in [2.05, 4.69) is 15.6 Å². The summed E-state index contributed by atoms with van der Waals surface area (Å²) in [6, 6.07) is 21.0. The highest BCUT2D eigenvalue weighted by molar-refractivity contribution is 5.82. The lowest BCUT2D eigenvalue weighted by molar-refractivity contribution is 0.239. The number of ether oxygens (including phenoxy) is 1. The standard InChI is InChI=1S/C24H23N3O3/c1-17-21-7-2-3-8-22(21)30-23(17)15-27-24(28)26-14-18-9-11-20(12-10-18)29-16-19-6-4-5-13-25-19/h2-13H,14-16H2,1H3,(H2,26,27,28). The molecule has 0 radical (unpaired) electrons. The Labute approximate surface area is 174 Å². The van der Waals surface area contributed by atoms with Gasteiger partial charge in [0.25, 0.3) is 0 Å². The maximum atomic E-state index is 12.1. The van der Waals surface area contributed by atoms with Crippen LogP contribution in [0.15, 0.2) is 77.3 Å². The Morgan fingerprint density at radius 1 is 0.967 bits per heavy atom. The first-order valence-electron chi connectivity index (χ1n) is 9.79. The van der Waals surface area contributed by atoms with Gasteiger partial charge in [-0.2, -0.15) is 0 Å². The van der Waals surface area contributed by atoms with E-state index in [0.717, 1.165) is 39.3 Å². The predicted molar refractivity (Wildman–Crippen MR) is 115 cm³/mol. The highest BCUT2D eigenvalue weighted by atomic mass is 16.5. The molecule has 0 saturated heterocycles. The van der Waals surface area contributed by atoms with Crippen LogP contribution >= 0.6 is 0 Å². The summed E-state index contributed by atoms with van der Waals surface area (Å²) >= 11 is 0. The molecule has 2 amide bonds. The SMILES string of the molecule is Cc1c(CNC(=O)NCc2ccc(OCc3ccccn3)cc2)oc2ccccc12. The van der Waals surface area contributed by atoms with E-state index in [1.807, 2.05) is 73.7 Å². The lowest BCUT2D eigenvalue weighted by atomic mass is 10.1. The molecule has 2 aromatic carbocycles. The van der Waals surface area contributed by atoms with E-state index >= 15 is 0 Å². The molecule has 30 heavy (non-hydrogen) atoms. The molecule has 4 aromatic rings. The quantitative estimate of drug-likeness (QED) is 0.470. The zero-order valence-corrected chi connectivity index (χ0v) is 16.7. The van der Waals surface area contributed by atoms with Gasteiger partial charge >= 0.3 is 6.03 Å². The monoisotopic (exact) mass is 401 g/mol. The number of amides is 2. The lowest BCUT2D eigenvalue weighted by Crippen LogP contribution is -2.34. The van der Waals surface area contributed by atoms with E-state index in [1.165, 1.54) is 0 Å². The Hall–Kier alpha value is -3.80. The molecule has 0 atom stereocenters. The van der Waals surface area contributed by atoms with Crippen molar-refractivity contribution in [2.45, 2.75) is 26.6 Å². The number of carbonyl (C=O) groups excluding carboxylic acids is 1. The van der Waals surface area contributed by atoms with Gasteiger partial charge in [0.05, 0.1) is 12.2 Å². The number of benzene rings is 2. The number of furan rings is 1. The Morgan fingerprint density at radius 3 is 2.50 bits per heavy atom. The van der Waals surface area contributed by atoms with Crippen LogP contribution in [0.2, 0.25) is 0 Å². The van der Waals surface area contributed by atoms with Gasteiger partial charge in [0, 0.05) is 23.7 Å². The minimum absolute atomic E-state index is 0.245. The van der Waals surface area contributed by atoms with Crippen molar-refractivity contribution in [2.24, 2.45) is 0 Å². The normalized spacial score (nSPS) is 10.7. The van der Waals surface area contributed by atoms with Crippen molar-refractivity contribution in [3.8, 4) is 5.75 Å². The largest absolute Gasteiger partial charge is 0.487 e. The van der Waals surface area contributed by atoms with Gasteiger partial charge < -0.3 is 19.8 Å². The first kappa shape index (κ1) is 19.5. The van der Waals surface area contributed by atoms with Gasteiger partial charge in [0.1, 0.15) is 23.7 Å². The van der Waals surface area contributed by atoms with Crippen molar-refractivity contribution < 1.29 is 13.9 Å². The number of carbonyl (C=O) groups is 1. The van der Waals surface area contributed by atoms with E-state index in [4.69, 9.17) is 9.15 Å². The third-order valence-corrected chi connectivity index (χ3v) is 4.84. The minimum Gasteiger partial charge on any atom is -0.487 e. The maximum Gasteiger partial charge on any atom is 0.315 e. The number of pyridine rings is 1. The summed E-state index contributed by atoms with van der Waals surface area (Å²) < 4.78 is 11.5. The highest BCUT2D eigenvalue weighted by Crippen LogP contribution is 2.24. The van der Waals surface area contributed by atoms with Gasteiger partial charge in [-0.1, -0.05) is 36.4 Å². The summed E-state index contributed by atoms with van der Waals surface area (Å²) in [5.74, 6) is 1.52. The fourth-order valence-electron chi connectivity index (χ4n) is 3.14. The number of urea groups is 1. The fraction of sp³-hybridized carbons (Fsp3) is 0.167. The van der Waals surface area contributed by atoms with Crippen LogP contribution in [0.3, 0.4) is 0 Å². The van der Waals surface area contributed by atoms with Crippen molar-refractivity contribution in [3.63, 3.8) is 0 Å². The van der Waals surface area contributed by atoms with E-state index in [1.54, 1.807) is 6.20 Å². The predicted octanol–water partition coefficient (Wildman–Crippen LogP) is 4.71. The van der Waals surface area contributed by atoms with Gasteiger partial charge in [-0.3, -0.25) is 4.98 Å². The molecular formula is C24H23N3O3. The third-order valence-electron chi connectivity index (χ3n) is 4.84. The Kier molecular flexibility index (Phi) is 5.94. The van der Waals surface area contributed by atoms with Gasteiger partial charge in [0.15, 0.2) is 0 Å². The topological polar surface area (TPSA) is 76.4 Å². The number of nitrogens with zero attached hydrogens (tertiary/aromatic N) is 1. The molecular weight excluding hydrogens is 378 g/mol. The zero-order chi connectivity index (χ0) is 20.8. The Balaban J connectivity index is 1.24. The molecule has 0 saturated carbocycles. The average Bonchev–Trinajstić information content (AvgIpc) is 3.12. The van der Waals surface area contributed by atoms with Crippen LogP contribution in [0.5, 0.6) is 5.75 Å². The molecule has 0 unspecified atom stereocenters. The van der Waals surface area contributed by atoms with Crippen LogP contribution in [-0.2, 0) is 19.7 Å². The molecule has 6 heteroatoms. The third kappa shape index (κ3) is 4.78. The number of para-hydroxylation sites is 1. The highest BCUT2D eigenvalue weighted by Gasteiger charge is 2.10. The Bertz CT molecular complexity index is 1120. The van der Waals surface area contributed by atoms with E-state index in [9.17, 15) is 4.79 Å². The Morgan fingerprint density at radius 2 is 1.73 bits per heavy atom. The molecule has 0 spiro atoms. The minimum atomic E-state index is -0.245. The molecule has 6 nitrogen and oxygen atoms in total. The smallest absolute Gasteiger partial charge is 0.315 e. The van der Waals surface area contributed by atoms with Crippen molar-refractivity contribution in [2.75, 3.05) is 0 Å². The fourth-order valence-corrected chi connectivity index (χ4v) is 3.14. The first-order chi connectivity index (χ1) is 14.7. The first-order valence-corrected chi connectivity index (χ1v) is 9.79. The van der Waals surface area contributed by atoms with E-state index in [0.29, 0.717) is 19.7 Å². The second-order valence-electron chi connectivity index (χ2n) is 6.94. The molecule has 0 bridgehead atoms.